The van der Waals surface area contributed by atoms with Crippen molar-refractivity contribution >= 4 is 0 Å². The molecule has 4 heteroatoms. The molecule has 0 amide bonds. The summed E-state index contributed by atoms with van der Waals surface area (Å²) < 4.78 is 0. The SMILES string of the molecule is [N-]=[N+]=NCNC1CC1. The first-order valence-corrected chi connectivity index (χ1v) is 2.67. The first-order valence-electron chi connectivity index (χ1n) is 2.67. The Morgan fingerprint density at radius 2 is 2.50 bits per heavy atom. The lowest BCUT2D eigenvalue weighted by atomic mass is 10.7. The minimum Gasteiger partial charge on any atom is -0.309 e. The number of azide groups is 1. The summed E-state index contributed by atoms with van der Waals surface area (Å²) in [6.07, 6.45) is 2.47. The normalized spacial score (nSPS) is 17.5. The molecule has 0 aromatic carbocycles. The molecule has 0 spiro atoms. The molecule has 0 heterocycles. The second kappa shape index (κ2) is 2.55. The summed E-state index contributed by atoms with van der Waals surface area (Å²) >= 11 is 0. The van der Waals surface area contributed by atoms with E-state index in [1.807, 2.05) is 0 Å². The van der Waals surface area contributed by atoms with Gasteiger partial charge in [0.15, 0.2) is 0 Å². The van der Waals surface area contributed by atoms with Crippen LogP contribution in [0, 0.1) is 0 Å². The lowest BCUT2D eigenvalue weighted by Gasteiger charge is -1.90. The average Bonchev–Trinajstić information content (AvgIpc) is 2.51. The van der Waals surface area contributed by atoms with Gasteiger partial charge in [-0.1, -0.05) is 5.11 Å². The second-order valence-corrected chi connectivity index (χ2v) is 1.87. The summed E-state index contributed by atoms with van der Waals surface area (Å²) in [6, 6.07) is 0.639. The van der Waals surface area contributed by atoms with E-state index in [1.54, 1.807) is 0 Å². The maximum Gasteiger partial charge on any atom is 0.0748 e. The Morgan fingerprint density at radius 1 is 1.75 bits per heavy atom. The summed E-state index contributed by atoms with van der Waals surface area (Å²) in [4.78, 5) is 2.60. The molecule has 0 atom stereocenters. The van der Waals surface area contributed by atoms with Gasteiger partial charge in [0.05, 0.1) is 6.67 Å². The molecule has 4 nitrogen and oxygen atoms in total. The minimum atomic E-state index is 0.446. The van der Waals surface area contributed by atoms with Crippen molar-refractivity contribution < 1.29 is 0 Å². The van der Waals surface area contributed by atoms with Crippen molar-refractivity contribution in [2.45, 2.75) is 18.9 Å². The molecule has 0 aliphatic heterocycles. The third-order valence-corrected chi connectivity index (χ3v) is 1.09. The van der Waals surface area contributed by atoms with E-state index < -0.39 is 0 Å². The van der Waals surface area contributed by atoms with E-state index >= 15 is 0 Å². The zero-order valence-electron chi connectivity index (χ0n) is 4.54. The monoisotopic (exact) mass is 112 g/mol. The summed E-state index contributed by atoms with van der Waals surface area (Å²) in [6.45, 7) is 0.446. The molecule has 1 rings (SSSR count). The van der Waals surface area contributed by atoms with Crippen LogP contribution >= 0.6 is 0 Å². The molecule has 0 bridgehead atoms. The molecule has 0 aromatic heterocycles. The van der Waals surface area contributed by atoms with Gasteiger partial charge in [-0.2, -0.15) is 0 Å². The predicted molar refractivity (Wildman–Crippen MR) is 30.2 cm³/mol. The highest BCUT2D eigenvalue weighted by atomic mass is 15.2. The van der Waals surface area contributed by atoms with E-state index in [1.165, 1.54) is 12.8 Å². The molecule has 0 unspecified atom stereocenters. The summed E-state index contributed by atoms with van der Waals surface area (Å²) in [5.74, 6) is 0. The molecular weight excluding hydrogens is 104 g/mol. The lowest BCUT2D eigenvalue weighted by molar-refractivity contribution is 0.700. The van der Waals surface area contributed by atoms with Crippen LogP contribution < -0.4 is 5.32 Å². The molecule has 44 valence electrons. The molecule has 8 heavy (non-hydrogen) atoms. The summed E-state index contributed by atoms with van der Waals surface area (Å²) in [5.41, 5.74) is 7.82. The molecule has 0 saturated heterocycles. The van der Waals surface area contributed by atoms with Crippen molar-refractivity contribution in [3.63, 3.8) is 0 Å². The van der Waals surface area contributed by atoms with Gasteiger partial charge in [0.1, 0.15) is 0 Å². The topological polar surface area (TPSA) is 60.8 Å². The minimum absolute atomic E-state index is 0.446. The Labute approximate surface area is 47.5 Å². The largest absolute Gasteiger partial charge is 0.309 e. The van der Waals surface area contributed by atoms with Crippen molar-refractivity contribution in [2.75, 3.05) is 6.67 Å². The van der Waals surface area contributed by atoms with Crippen LogP contribution in [-0.2, 0) is 0 Å². The van der Waals surface area contributed by atoms with Crippen molar-refractivity contribution in [3.05, 3.63) is 10.4 Å². The predicted octanol–water partition coefficient (Wildman–Crippen LogP) is 1.01. The van der Waals surface area contributed by atoms with Gasteiger partial charge in [0.25, 0.3) is 0 Å². The van der Waals surface area contributed by atoms with Gasteiger partial charge in [0.2, 0.25) is 0 Å². The Morgan fingerprint density at radius 3 is 3.00 bits per heavy atom. The molecule has 0 aromatic rings. The standard InChI is InChI=1S/C4H8N4/c5-8-7-3-6-4-1-2-4/h4,6H,1-3H2. The van der Waals surface area contributed by atoms with Crippen molar-refractivity contribution in [1.82, 2.24) is 5.32 Å². The third-order valence-electron chi connectivity index (χ3n) is 1.09. The van der Waals surface area contributed by atoms with Crippen molar-refractivity contribution in [2.24, 2.45) is 5.11 Å². The van der Waals surface area contributed by atoms with Crippen LogP contribution in [0.5, 0.6) is 0 Å². The lowest BCUT2D eigenvalue weighted by Crippen LogP contribution is -2.14. The van der Waals surface area contributed by atoms with Crippen LogP contribution in [0.15, 0.2) is 5.11 Å². The van der Waals surface area contributed by atoms with Gasteiger partial charge in [-0.15, -0.1) is 0 Å². The molecule has 0 radical (unpaired) electrons. The maximum atomic E-state index is 7.82. The highest BCUT2D eigenvalue weighted by Crippen LogP contribution is 2.17. The number of nitrogens with zero attached hydrogens (tertiary/aromatic N) is 3. The molecule has 1 aliphatic carbocycles. The van der Waals surface area contributed by atoms with Gasteiger partial charge in [0, 0.05) is 11.0 Å². The summed E-state index contributed by atoms with van der Waals surface area (Å²) in [7, 11) is 0. The Bertz CT molecular complexity index is 111. The highest BCUT2D eigenvalue weighted by Gasteiger charge is 2.18. The quantitative estimate of drug-likeness (QED) is 0.330. The van der Waals surface area contributed by atoms with Gasteiger partial charge >= 0.3 is 0 Å². The van der Waals surface area contributed by atoms with Crippen LogP contribution in [0.2, 0.25) is 0 Å². The van der Waals surface area contributed by atoms with Gasteiger partial charge in [-0.05, 0) is 18.4 Å². The Kier molecular flexibility index (Phi) is 1.72. The van der Waals surface area contributed by atoms with Crippen LogP contribution in [0.4, 0.5) is 0 Å². The first kappa shape index (κ1) is 5.41. The molecule has 1 fully saturated rings. The highest BCUT2D eigenvalue weighted by molar-refractivity contribution is 4.79. The average molecular weight is 112 g/mol. The Balaban J connectivity index is 1.95. The smallest absolute Gasteiger partial charge is 0.0748 e. The maximum absolute atomic E-state index is 7.82. The van der Waals surface area contributed by atoms with Crippen molar-refractivity contribution in [1.29, 1.82) is 0 Å². The molecule has 1 aliphatic rings. The first-order chi connectivity index (χ1) is 3.93. The van der Waals surface area contributed by atoms with E-state index in [2.05, 4.69) is 15.3 Å². The number of nitrogens with one attached hydrogen (secondary N) is 1. The third kappa shape index (κ3) is 1.82. The fourth-order valence-electron chi connectivity index (χ4n) is 0.489. The van der Waals surface area contributed by atoms with Gasteiger partial charge < -0.3 is 5.32 Å². The van der Waals surface area contributed by atoms with E-state index in [-0.39, 0.29) is 0 Å². The Hall–Kier alpha value is -0.730. The zero-order chi connectivity index (χ0) is 5.82. The van der Waals surface area contributed by atoms with Crippen LogP contribution in [0.3, 0.4) is 0 Å². The van der Waals surface area contributed by atoms with Crippen molar-refractivity contribution in [3.8, 4) is 0 Å². The van der Waals surface area contributed by atoms with E-state index in [0.717, 1.165) is 0 Å². The number of hydrogen-bond donors (Lipinski definition) is 1. The fraction of sp³-hybridized carbons (Fsp3) is 1.00. The zero-order valence-corrected chi connectivity index (χ0v) is 4.54. The van der Waals surface area contributed by atoms with Gasteiger partial charge in [-0.3, -0.25) is 0 Å². The fourth-order valence-corrected chi connectivity index (χ4v) is 0.489. The van der Waals surface area contributed by atoms with E-state index in [4.69, 9.17) is 5.53 Å². The number of rotatable bonds is 3. The van der Waals surface area contributed by atoms with E-state index in [9.17, 15) is 0 Å². The van der Waals surface area contributed by atoms with Crippen LogP contribution in [0.1, 0.15) is 12.8 Å². The van der Waals surface area contributed by atoms with E-state index in [0.29, 0.717) is 12.7 Å². The summed E-state index contributed by atoms with van der Waals surface area (Å²) in [5, 5.41) is 6.36. The van der Waals surface area contributed by atoms with Crippen LogP contribution in [-0.4, -0.2) is 12.7 Å². The second-order valence-electron chi connectivity index (χ2n) is 1.87. The number of hydrogen-bond acceptors (Lipinski definition) is 2. The van der Waals surface area contributed by atoms with Gasteiger partial charge in [-0.25, -0.2) is 0 Å². The van der Waals surface area contributed by atoms with Crippen LogP contribution in [0.25, 0.3) is 10.4 Å². The molecular formula is C4H8N4. The molecule has 1 saturated carbocycles. The molecule has 1 N–H and O–H groups in total.